The maximum absolute atomic E-state index is 2.32. The summed E-state index contributed by atoms with van der Waals surface area (Å²) in [7, 11) is 0. The fraction of sp³-hybridized carbons (Fsp3) is 0.375. The largest absolute Gasteiger partial charge is 0.0813 e. The van der Waals surface area contributed by atoms with Crippen LogP contribution < -0.4 is 0 Å². The van der Waals surface area contributed by atoms with Gasteiger partial charge in [0.15, 0.2) is 0 Å². The summed E-state index contributed by atoms with van der Waals surface area (Å²) in [5.41, 5.74) is 5.50. The van der Waals surface area contributed by atoms with Gasteiger partial charge in [0.05, 0.1) is 0 Å². The van der Waals surface area contributed by atoms with Crippen molar-refractivity contribution in [1.82, 2.24) is 0 Å². The van der Waals surface area contributed by atoms with Crippen molar-refractivity contribution in [2.45, 2.75) is 40.5 Å². The predicted octanol–water partition coefficient (Wildman–Crippen LogP) is 5.14. The molecule has 1 aromatic carbocycles. The van der Waals surface area contributed by atoms with Crippen LogP contribution in [0.1, 0.15) is 44.7 Å². The summed E-state index contributed by atoms with van der Waals surface area (Å²) in [5, 5.41) is 0. The van der Waals surface area contributed by atoms with Crippen molar-refractivity contribution < 1.29 is 0 Å². The SMILES string of the molecule is CC/C=C(C)\C(=C/CC)c1ccccc1C. The maximum atomic E-state index is 2.32. The molecule has 0 atom stereocenters. The van der Waals surface area contributed by atoms with E-state index >= 15 is 0 Å². The summed E-state index contributed by atoms with van der Waals surface area (Å²) in [5.74, 6) is 0. The highest BCUT2D eigenvalue weighted by atomic mass is 14.1. The van der Waals surface area contributed by atoms with Gasteiger partial charge in [0.25, 0.3) is 0 Å². The Bertz CT molecular complexity index is 394. The Morgan fingerprint density at radius 3 is 2.25 bits per heavy atom. The van der Waals surface area contributed by atoms with Crippen LogP contribution in [0, 0.1) is 6.92 Å². The fourth-order valence-electron chi connectivity index (χ4n) is 1.98. The first-order valence-corrected chi connectivity index (χ1v) is 6.14. The van der Waals surface area contributed by atoms with E-state index in [1.807, 2.05) is 0 Å². The van der Waals surface area contributed by atoms with Crippen molar-refractivity contribution in [2.24, 2.45) is 0 Å². The molecule has 0 saturated carbocycles. The van der Waals surface area contributed by atoms with Crippen LogP contribution in [0.2, 0.25) is 0 Å². The molecule has 0 heterocycles. The van der Waals surface area contributed by atoms with Crippen LogP contribution in [0.3, 0.4) is 0 Å². The Balaban J connectivity index is 3.19. The third-order valence-electron chi connectivity index (χ3n) is 2.78. The Morgan fingerprint density at radius 1 is 1.06 bits per heavy atom. The predicted molar refractivity (Wildman–Crippen MR) is 73.5 cm³/mol. The number of benzene rings is 1. The number of rotatable bonds is 4. The van der Waals surface area contributed by atoms with Gasteiger partial charge in [-0.05, 0) is 49.0 Å². The molecule has 0 radical (unpaired) electrons. The van der Waals surface area contributed by atoms with Crippen LogP contribution in [0.25, 0.3) is 5.57 Å². The molecule has 0 aliphatic carbocycles. The molecule has 0 aromatic heterocycles. The van der Waals surface area contributed by atoms with Crippen LogP contribution in [0.5, 0.6) is 0 Å². The normalized spacial score (nSPS) is 13.0. The summed E-state index contributed by atoms with van der Waals surface area (Å²) in [4.78, 5) is 0. The Morgan fingerprint density at radius 2 is 1.69 bits per heavy atom. The molecule has 0 amide bonds. The van der Waals surface area contributed by atoms with Crippen molar-refractivity contribution in [2.75, 3.05) is 0 Å². The molecule has 1 aromatic rings. The second kappa shape index (κ2) is 6.32. The Labute approximate surface area is 99.7 Å². The lowest BCUT2D eigenvalue weighted by atomic mass is 9.94. The van der Waals surface area contributed by atoms with Gasteiger partial charge < -0.3 is 0 Å². The highest BCUT2D eigenvalue weighted by Crippen LogP contribution is 2.26. The highest BCUT2D eigenvalue weighted by Gasteiger charge is 2.05. The van der Waals surface area contributed by atoms with Crippen LogP contribution >= 0.6 is 0 Å². The number of aryl methyl sites for hydroxylation is 1. The molecular weight excluding hydrogens is 192 g/mol. The zero-order valence-corrected chi connectivity index (χ0v) is 10.9. The smallest absolute Gasteiger partial charge is 0.0155 e. The van der Waals surface area contributed by atoms with E-state index in [1.54, 1.807) is 0 Å². The lowest BCUT2D eigenvalue weighted by molar-refractivity contribution is 1.18. The average molecular weight is 214 g/mol. The topological polar surface area (TPSA) is 0 Å². The van der Waals surface area contributed by atoms with Crippen LogP contribution in [-0.4, -0.2) is 0 Å². The minimum Gasteiger partial charge on any atom is -0.0813 e. The highest BCUT2D eigenvalue weighted by molar-refractivity contribution is 5.79. The lowest BCUT2D eigenvalue weighted by Crippen LogP contribution is -1.90. The monoisotopic (exact) mass is 214 g/mol. The Kier molecular flexibility index (Phi) is 5.04. The third kappa shape index (κ3) is 3.10. The van der Waals surface area contributed by atoms with E-state index in [-0.39, 0.29) is 0 Å². The molecule has 0 N–H and O–H groups in total. The molecule has 86 valence electrons. The van der Waals surface area contributed by atoms with Crippen LogP contribution in [0.15, 0.2) is 42.0 Å². The molecule has 0 spiro atoms. The minimum atomic E-state index is 1.08. The first-order valence-electron chi connectivity index (χ1n) is 6.14. The number of hydrogen-bond donors (Lipinski definition) is 0. The lowest BCUT2D eigenvalue weighted by Gasteiger charge is -2.11. The van der Waals surface area contributed by atoms with E-state index in [2.05, 4.69) is 64.1 Å². The molecule has 0 heteroatoms. The molecule has 1 rings (SSSR count). The minimum absolute atomic E-state index is 1.08. The van der Waals surface area contributed by atoms with Gasteiger partial charge in [-0.25, -0.2) is 0 Å². The molecule has 0 aliphatic rings. The number of hydrogen-bond acceptors (Lipinski definition) is 0. The zero-order valence-electron chi connectivity index (χ0n) is 10.9. The summed E-state index contributed by atoms with van der Waals surface area (Å²) in [6, 6.07) is 8.61. The van der Waals surface area contributed by atoms with E-state index in [4.69, 9.17) is 0 Å². The van der Waals surface area contributed by atoms with Gasteiger partial charge in [0.2, 0.25) is 0 Å². The van der Waals surface area contributed by atoms with Gasteiger partial charge in [-0.3, -0.25) is 0 Å². The van der Waals surface area contributed by atoms with Crippen molar-refractivity contribution >= 4 is 5.57 Å². The first-order chi connectivity index (χ1) is 7.70. The van der Waals surface area contributed by atoms with Gasteiger partial charge in [-0.1, -0.05) is 50.3 Å². The van der Waals surface area contributed by atoms with Gasteiger partial charge in [-0.2, -0.15) is 0 Å². The van der Waals surface area contributed by atoms with Crippen molar-refractivity contribution in [3.05, 3.63) is 53.1 Å². The van der Waals surface area contributed by atoms with Gasteiger partial charge in [0.1, 0.15) is 0 Å². The van der Waals surface area contributed by atoms with E-state index in [0.717, 1.165) is 12.8 Å². The first kappa shape index (κ1) is 12.8. The second-order valence-corrected chi connectivity index (χ2v) is 4.14. The summed E-state index contributed by atoms with van der Waals surface area (Å²) < 4.78 is 0. The zero-order chi connectivity index (χ0) is 12.0. The molecule has 0 fully saturated rings. The van der Waals surface area contributed by atoms with Crippen molar-refractivity contribution in [3.8, 4) is 0 Å². The fourth-order valence-corrected chi connectivity index (χ4v) is 1.98. The standard InChI is InChI=1S/C16H22/c1-5-9-13(3)15(10-6-2)16-12-8-7-11-14(16)4/h7-12H,5-6H2,1-4H3/b13-9-,15-10+. The molecule has 0 aliphatic heterocycles. The Hall–Kier alpha value is -1.30. The molecule has 0 nitrogen and oxygen atoms in total. The van der Waals surface area contributed by atoms with Crippen molar-refractivity contribution in [3.63, 3.8) is 0 Å². The molecule has 0 bridgehead atoms. The molecule has 0 unspecified atom stereocenters. The van der Waals surface area contributed by atoms with E-state index < -0.39 is 0 Å². The average Bonchev–Trinajstić information content (AvgIpc) is 2.27. The van der Waals surface area contributed by atoms with Gasteiger partial charge in [0, 0.05) is 0 Å². The van der Waals surface area contributed by atoms with Crippen LogP contribution in [-0.2, 0) is 0 Å². The summed E-state index contributed by atoms with van der Waals surface area (Å²) in [6.45, 7) is 8.76. The van der Waals surface area contributed by atoms with Gasteiger partial charge >= 0.3 is 0 Å². The summed E-state index contributed by atoms with van der Waals surface area (Å²) in [6.07, 6.45) is 6.80. The number of allylic oxidation sites excluding steroid dienone is 4. The van der Waals surface area contributed by atoms with E-state index in [1.165, 1.54) is 22.3 Å². The third-order valence-corrected chi connectivity index (χ3v) is 2.78. The second-order valence-electron chi connectivity index (χ2n) is 4.14. The van der Waals surface area contributed by atoms with Gasteiger partial charge in [-0.15, -0.1) is 0 Å². The summed E-state index contributed by atoms with van der Waals surface area (Å²) >= 11 is 0. The van der Waals surface area contributed by atoms with Crippen molar-refractivity contribution in [1.29, 1.82) is 0 Å². The molecular formula is C16H22. The van der Waals surface area contributed by atoms with Crippen LogP contribution in [0.4, 0.5) is 0 Å². The molecule has 16 heavy (non-hydrogen) atoms. The van der Waals surface area contributed by atoms with E-state index in [9.17, 15) is 0 Å². The van der Waals surface area contributed by atoms with E-state index in [0.29, 0.717) is 0 Å². The maximum Gasteiger partial charge on any atom is -0.0155 e. The molecule has 0 saturated heterocycles. The quantitative estimate of drug-likeness (QED) is 0.608.